The molecule has 43 heavy (non-hydrogen) atoms. The first kappa shape index (κ1) is 30.1. The number of ether oxygens (including phenoxy) is 2. The molecule has 0 unspecified atom stereocenters. The molecule has 3 aromatic rings. The first-order valence-electron chi connectivity index (χ1n) is 14.8. The molecule has 9 heteroatoms. The zero-order valence-electron chi connectivity index (χ0n) is 25.3. The van der Waals surface area contributed by atoms with Gasteiger partial charge < -0.3 is 19.7 Å². The lowest BCUT2D eigenvalue weighted by atomic mass is 9.99. The molecule has 1 N–H and O–H groups in total. The summed E-state index contributed by atoms with van der Waals surface area (Å²) in [4.78, 5) is 45.7. The Morgan fingerprint density at radius 2 is 1.58 bits per heavy atom. The Bertz CT molecular complexity index is 1470. The van der Waals surface area contributed by atoms with E-state index < -0.39 is 6.04 Å². The summed E-state index contributed by atoms with van der Waals surface area (Å²) in [7, 11) is 3.12. The standard InChI is InChI=1S/C34H40N4O5/c1-23(25-10-6-5-7-11-25)36-18-20-37(21-19-36)29-13-8-12-27-32(29)34(41)38(33(27)40)28(14-9-17-35-24(2)39)26-15-16-30(42-3)31(22-26)43-4/h5-8,10-13,15-16,22-23,28H,9,14,17-21H2,1-4H3,(H,35,39)/t23-,28-/m1/s1. The molecule has 0 spiro atoms. The molecule has 1 saturated heterocycles. The number of nitrogens with zero attached hydrogens (tertiary/aromatic N) is 3. The number of piperazine rings is 1. The number of carbonyl (C=O) groups excluding carboxylic acids is 3. The number of hydrogen-bond acceptors (Lipinski definition) is 7. The number of hydrogen-bond donors (Lipinski definition) is 1. The second-order valence-corrected chi connectivity index (χ2v) is 11.0. The van der Waals surface area contributed by atoms with Crippen molar-refractivity contribution >= 4 is 23.4 Å². The highest BCUT2D eigenvalue weighted by atomic mass is 16.5. The summed E-state index contributed by atoms with van der Waals surface area (Å²) in [5.41, 5.74) is 3.74. The Morgan fingerprint density at radius 3 is 2.26 bits per heavy atom. The molecule has 0 aromatic heterocycles. The minimum atomic E-state index is -0.544. The van der Waals surface area contributed by atoms with E-state index >= 15 is 0 Å². The van der Waals surface area contributed by atoms with Gasteiger partial charge in [0, 0.05) is 45.7 Å². The first-order valence-corrected chi connectivity index (χ1v) is 14.8. The van der Waals surface area contributed by atoms with Crippen molar-refractivity contribution in [1.82, 2.24) is 15.1 Å². The highest BCUT2D eigenvalue weighted by Crippen LogP contribution is 2.40. The summed E-state index contributed by atoms with van der Waals surface area (Å²) in [5, 5.41) is 2.81. The molecule has 226 valence electrons. The zero-order valence-corrected chi connectivity index (χ0v) is 25.3. The Balaban J connectivity index is 1.40. The lowest BCUT2D eigenvalue weighted by molar-refractivity contribution is -0.118. The topological polar surface area (TPSA) is 91.4 Å². The van der Waals surface area contributed by atoms with Gasteiger partial charge in [0.15, 0.2) is 11.5 Å². The van der Waals surface area contributed by atoms with Gasteiger partial charge in [-0.1, -0.05) is 42.5 Å². The van der Waals surface area contributed by atoms with Crippen LogP contribution in [0.2, 0.25) is 0 Å². The molecule has 5 rings (SSSR count). The summed E-state index contributed by atoms with van der Waals surface area (Å²) in [6.07, 6.45) is 1.06. The molecular formula is C34H40N4O5. The van der Waals surface area contributed by atoms with Crippen LogP contribution in [0.25, 0.3) is 0 Å². The van der Waals surface area contributed by atoms with Crippen LogP contribution >= 0.6 is 0 Å². The van der Waals surface area contributed by atoms with Gasteiger partial charge in [0.1, 0.15) is 0 Å². The molecule has 0 radical (unpaired) electrons. The van der Waals surface area contributed by atoms with E-state index in [1.54, 1.807) is 26.4 Å². The predicted molar refractivity (Wildman–Crippen MR) is 166 cm³/mol. The van der Waals surface area contributed by atoms with Crippen molar-refractivity contribution in [1.29, 1.82) is 0 Å². The number of carbonyl (C=O) groups is 3. The third kappa shape index (κ3) is 6.22. The number of rotatable bonds is 11. The van der Waals surface area contributed by atoms with Gasteiger partial charge in [0.2, 0.25) is 5.91 Å². The van der Waals surface area contributed by atoms with Crippen LogP contribution in [-0.2, 0) is 4.79 Å². The summed E-state index contributed by atoms with van der Waals surface area (Å²) < 4.78 is 10.9. The maximum atomic E-state index is 14.2. The first-order chi connectivity index (χ1) is 20.8. The summed E-state index contributed by atoms with van der Waals surface area (Å²) in [6.45, 7) is 7.35. The van der Waals surface area contributed by atoms with Gasteiger partial charge in [-0.15, -0.1) is 0 Å². The van der Waals surface area contributed by atoms with Crippen LogP contribution in [0, 0.1) is 0 Å². The van der Waals surface area contributed by atoms with Gasteiger partial charge in [0.25, 0.3) is 11.8 Å². The van der Waals surface area contributed by atoms with Gasteiger partial charge in [-0.2, -0.15) is 0 Å². The minimum absolute atomic E-state index is 0.119. The second kappa shape index (κ2) is 13.3. The third-order valence-electron chi connectivity index (χ3n) is 8.54. The molecule has 3 amide bonds. The van der Waals surface area contributed by atoms with E-state index in [9.17, 15) is 14.4 Å². The molecule has 0 bridgehead atoms. The van der Waals surface area contributed by atoms with Gasteiger partial charge in [0.05, 0.1) is 37.1 Å². The highest BCUT2D eigenvalue weighted by Gasteiger charge is 2.43. The normalized spacial score (nSPS) is 16.6. The minimum Gasteiger partial charge on any atom is -0.493 e. The van der Waals surface area contributed by atoms with Crippen molar-refractivity contribution < 1.29 is 23.9 Å². The van der Waals surface area contributed by atoms with Gasteiger partial charge in [-0.25, -0.2) is 0 Å². The molecule has 2 atom stereocenters. The Hall–Kier alpha value is -4.37. The number of benzene rings is 3. The van der Waals surface area contributed by atoms with Crippen LogP contribution < -0.4 is 19.7 Å². The van der Waals surface area contributed by atoms with Crippen LogP contribution in [0.5, 0.6) is 11.5 Å². The lowest BCUT2D eigenvalue weighted by Crippen LogP contribution is -2.47. The van der Waals surface area contributed by atoms with Crippen LogP contribution in [0.1, 0.15) is 70.6 Å². The van der Waals surface area contributed by atoms with E-state index in [2.05, 4.69) is 46.3 Å². The van der Waals surface area contributed by atoms with Crippen molar-refractivity contribution in [3.8, 4) is 11.5 Å². The third-order valence-corrected chi connectivity index (χ3v) is 8.54. The van der Waals surface area contributed by atoms with E-state index in [4.69, 9.17) is 9.47 Å². The summed E-state index contributed by atoms with van der Waals surface area (Å²) in [5.74, 6) is 0.360. The molecule has 2 heterocycles. The van der Waals surface area contributed by atoms with E-state index in [0.717, 1.165) is 37.4 Å². The molecule has 9 nitrogen and oxygen atoms in total. The summed E-state index contributed by atoms with van der Waals surface area (Å²) >= 11 is 0. The molecule has 3 aromatic carbocycles. The average Bonchev–Trinajstić information content (AvgIpc) is 3.30. The van der Waals surface area contributed by atoms with Crippen LogP contribution in [0.3, 0.4) is 0 Å². The smallest absolute Gasteiger partial charge is 0.264 e. The average molecular weight is 585 g/mol. The number of anilines is 1. The fourth-order valence-corrected chi connectivity index (χ4v) is 6.19. The molecule has 1 fully saturated rings. The molecule has 2 aliphatic heterocycles. The maximum Gasteiger partial charge on any atom is 0.264 e. The van der Waals surface area contributed by atoms with E-state index in [-0.39, 0.29) is 17.7 Å². The number of fused-ring (bicyclic) bond motifs is 1. The Labute approximate surface area is 253 Å². The maximum absolute atomic E-state index is 14.2. The largest absolute Gasteiger partial charge is 0.493 e. The quantitative estimate of drug-likeness (QED) is 0.255. The number of amides is 3. The number of imide groups is 1. The van der Waals surface area contributed by atoms with Crippen molar-refractivity contribution in [3.05, 3.63) is 89.0 Å². The molecule has 0 aliphatic carbocycles. The molecular weight excluding hydrogens is 544 g/mol. The Kier molecular flexibility index (Phi) is 9.31. The van der Waals surface area contributed by atoms with Crippen molar-refractivity contribution in [2.24, 2.45) is 0 Å². The fraction of sp³-hybridized carbons (Fsp3) is 0.382. The predicted octanol–water partition coefficient (Wildman–Crippen LogP) is 4.84. The van der Waals surface area contributed by atoms with Crippen molar-refractivity contribution in [2.75, 3.05) is 51.8 Å². The number of nitrogens with one attached hydrogen (secondary N) is 1. The second-order valence-electron chi connectivity index (χ2n) is 11.0. The number of methoxy groups -OCH3 is 2. The highest BCUT2D eigenvalue weighted by molar-refractivity contribution is 6.24. The molecule has 0 saturated carbocycles. The van der Waals surface area contributed by atoms with Crippen LogP contribution in [0.4, 0.5) is 5.69 Å². The van der Waals surface area contributed by atoms with E-state index in [0.29, 0.717) is 48.1 Å². The molecule has 2 aliphatic rings. The lowest BCUT2D eigenvalue weighted by Gasteiger charge is -2.39. The van der Waals surface area contributed by atoms with E-state index in [1.165, 1.54) is 17.4 Å². The Morgan fingerprint density at radius 1 is 0.860 bits per heavy atom. The van der Waals surface area contributed by atoms with Gasteiger partial charge in [-0.3, -0.25) is 24.2 Å². The monoisotopic (exact) mass is 584 g/mol. The van der Waals surface area contributed by atoms with Gasteiger partial charge in [-0.05, 0) is 55.2 Å². The van der Waals surface area contributed by atoms with Crippen molar-refractivity contribution in [3.63, 3.8) is 0 Å². The van der Waals surface area contributed by atoms with Crippen LogP contribution in [0.15, 0.2) is 66.7 Å². The van der Waals surface area contributed by atoms with E-state index in [1.807, 2.05) is 30.3 Å². The zero-order chi connectivity index (χ0) is 30.5. The van der Waals surface area contributed by atoms with Crippen molar-refractivity contribution in [2.45, 2.75) is 38.8 Å². The van der Waals surface area contributed by atoms with Gasteiger partial charge >= 0.3 is 0 Å². The fourth-order valence-electron chi connectivity index (χ4n) is 6.19. The SMILES string of the molecule is COc1ccc([C@@H](CCCNC(C)=O)N2C(=O)c3cccc(N4CCN([C@H](C)c5ccccc5)CC4)c3C2=O)cc1OC. The van der Waals surface area contributed by atoms with Crippen LogP contribution in [-0.4, -0.2) is 74.5 Å². The summed E-state index contributed by atoms with van der Waals surface area (Å²) in [6, 6.07) is 21.3.